The average Bonchev–Trinajstić information content (AvgIpc) is 3.20. The van der Waals surface area contributed by atoms with Crippen LogP contribution in [0.3, 0.4) is 0 Å². The number of hydrogen-bond acceptors (Lipinski definition) is 1. The van der Waals surface area contributed by atoms with Crippen molar-refractivity contribution in [1.29, 1.82) is 0 Å². The zero-order valence-electron chi connectivity index (χ0n) is 14.2. The van der Waals surface area contributed by atoms with Gasteiger partial charge in [-0.25, -0.2) is 4.98 Å². The Balaban J connectivity index is 1.85. The molecule has 3 aromatic heterocycles. The molecule has 0 fully saturated rings. The van der Waals surface area contributed by atoms with Gasteiger partial charge in [0.1, 0.15) is 5.65 Å². The summed E-state index contributed by atoms with van der Waals surface area (Å²) in [6, 6.07) is 21.5. The van der Waals surface area contributed by atoms with Crippen LogP contribution in [0.1, 0.15) is 18.2 Å². The van der Waals surface area contributed by atoms with Crippen LogP contribution in [0.25, 0.3) is 27.5 Å². The Morgan fingerprint density at radius 1 is 0.880 bits per heavy atom. The number of pyridine rings is 1. The number of rotatable bonds is 3. The van der Waals surface area contributed by atoms with Gasteiger partial charge >= 0.3 is 0 Å². The van der Waals surface area contributed by atoms with Gasteiger partial charge in [0.25, 0.3) is 0 Å². The molecule has 0 aliphatic rings. The first-order valence-corrected chi connectivity index (χ1v) is 8.76. The highest BCUT2D eigenvalue weighted by molar-refractivity contribution is 6.08. The standard InChI is InChI=1S/C22H19N3/c1-2-17-13-23-22-12-19-18-10-6-7-11-20(18)25(21(19)15-24(17)22)14-16-8-4-3-5-9-16/h3-13,15H,2,14H2,1H3. The number of hydrogen-bond donors (Lipinski definition) is 0. The number of aryl methyl sites for hydroxylation is 1. The van der Waals surface area contributed by atoms with Gasteiger partial charge in [0.15, 0.2) is 0 Å². The lowest BCUT2D eigenvalue weighted by Crippen LogP contribution is -2.00. The van der Waals surface area contributed by atoms with Gasteiger partial charge in [-0.2, -0.15) is 0 Å². The fraction of sp³-hybridized carbons (Fsp3) is 0.136. The van der Waals surface area contributed by atoms with Crippen LogP contribution in [0.5, 0.6) is 0 Å². The molecule has 2 aromatic carbocycles. The second-order valence-corrected chi connectivity index (χ2v) is 6.49. The highest BCUT2D eigenvalue weighted by Gasteiger charge is 2.13. The Kier molecular flexibility index (Phi) is 3.14. The molecule has 0 saturated carbocycles. The number of aromatic nitrogens is 3. The maximum absolute atomic E-state index is 4.59. The number of imidazole rings is 1. The SMILES string of the molecule is CCc1cnc2cc3c4ccccc4n(Cc4ccccc4)c3cn12. The molecule has 0 atom stereocenters. The lowest BCUT2D eigenvalue weighted by atomic mass is 10.2. The summed E-state index contributed by atoms with van der Waals surface area (Å²) in [5, 5.41) is 2.56. The van der Waals surface area contributed by atoms with Gasteiger partial charge in [0, 0.05) is 40.9 Å². The van der Waals surface area contributed by atoms with Crippen molar-refractivity contribution < 1.29 is 0 Å². The van der Waals surface area contributed by atoms with Crippen LogP contribution in [0.2, 0.25) is 0 Å². The number of para-hydroxylation sites is 1. The largest absolute Gasteiger partial charge is 0.335 e. The van der Waals surface area contributed by atoms with Crippen LogP contribution in [0, 0.1) is 0 Å². The zero-order valence-corrected chi connectivity index (χ0v) is 14.2. The summed E-state index contributed by atoms with van der Waals surface area (Å²) in [6.07, 6.45) is 5.21. The second kappa shape index (κ2) is 5.49. The van der Waals surface area contributed by atoms with Gasteiger partial charge < -0.3 is 8.97 Å². The number of fused-ring (bicyclic) bond motifs is 4. The minimum absolute atomic E-state index is 0.868. The lowest BCUT2D eigenvalue weighted by Gasteiger charge is -2.08. The molecule has 25 heavy (non-hydrogen) atoms. The Labute approximate surface area is 146 Å². The predicted octanol–water partition coefficient (Wildman–Crippen LogP) is 5.05. The highest BCUT2D eigenvalue weighted by atomic mass is 15.0. The van der Waals surface area contributed by atoms with Crippen molar-refractivity contribution in [3.05, 3.63) is 84.3 Å². The summed E-state index contributed by atoms with van der Waals surface area (Å²) in [4.78, 5) is 4.59. The van der Waals surface area contributed by atoms with Gasteiger partial charge in [-0.15, -0.1) is 0 Å². The second-order valence-electron chi connectivity index (χ2n) is 6.49. The van der Waals surface area contributed by atoms with Crippen LogP contribution in [0.15, 0.2) is 73.1 Å². The van der Waals surface area contributed by atoms with Crippen molar-refractivity contribution in [3.8, 4) is 0 Å². The van der Waals surface area contributed by atoms with Crippen molar-refractivity contribution in [2.75, 3.05) is 0 Å². The quantitative estimate of drug-likeness (QED) is 0.455. The lowest BCUT2D eigenvalue weighted by molar-refractivity contribution is 0.863. The minimum atomic E-state index is 0.868. The molecule has 0 spiro atoms. The van der Waals surface area contributed by atoms with Crippen LogP contribution in [-0.4, -0.2) is 14.0 Å². The van der Waals surface area contributed by atoms with Crippen molar-refractivity contribution in [1.82, 2.24) is 14.0 Å². The van der Waals surface area contributed by atoms with Gasteiger partial charge in [0.2, 0.25) is 0 Å². The summed E-state index contributed by atoms with van der Waals surface area (Å²) in [5.41, 5.74) is 6.10. The van der Waals surface area contributed by atoms with Gasteiger partial charge in [-0.1, -0.05) is 55.5 Å². The van der Waals surface area contributed by atoms with E-state index in [1.54, 1.807) is 0 Å². The summed E-state index contributed by atoms with van der Waals surface area (Å²) >= 11 is 0. The molecule has 0 bridgehead atoms. The average molecular weight is 325 g/mol. The molecule has 122 valence electrons. The predicted molar refractivity (Wildman–Crippen MR) is 103 cm³/mol. The summed E-state index contributed by atoms with van der Waals surface area (Å²) in [6.45, 7) is 3.04. The molecule has 5 aromatic rings. The molecule has 3 nitrogen and oxygen atoms in total. The third-order valence-corrected chi connectivity index (χ3v) is 5.02. The van der Waals surface area contributed by atoms with E-state index in [4.69, 9.17) is 0 Å². The van der Waals surface area contributed by atoms with Crippen LogP contribution in [0.4, 0.5) is 0 Å². The first-order valence-electron chi connectivity index (χ1n) is 8.76. The van der Waals surface area contributed by atoms with E-state index in [1.807, 2.05) is 6.20 Å². The van der Waals surface area contributed by atoms with Crippen molar-refractivity contribution in [3.63, 3.8) is 0 Å². The van der Waals surface area contributed by atoms with E-state index in [0.29, 0.717) is 0 Å². The normalized spacial score (nSPS) is 11.7. The maximum Gasteiger partial charge on any atom is 0.137 e. The van der Waals surface area contributed by atoms with E-state index in [1.165, 1.54) is 33.1 Å². The maximum atomic E-state index is 4.59. The molecule has 0 unspecified atom stereocenters. The van der Waals surface area contributed by atoms with Crippen molar-refractivity contribution >= 4 is 27.5 Å². The number of nitrogens with zero attached hydrogens (tertiary/aromatic N) is 3. The molecule has 0 amide bonds. The fourth-order valence-corrected chi connectivity index (χ4v) is 3.76. The molecule has 3 heteroatoms. The summed E-state index contributed by atoms with van der Waals surface area (Å²) in [7, 11) is 0. The van der Waals surface area contributed by atoms with E-state index in [0.717, 1.165) is 18.6 Å². The van der Waals surface area contributed by atoms with Gasteiger partial charge in [-0.3, -0.25) is 0 Å². The summed E-state index contributed by atoms with van der Waals surface area (Å²) in [5.74, 6) is 0. The van der Waals surface area contributed by atoms with E-state index >= 15 is 0 Å². The molecule has 0 N–H and O–H groups in total. The topological polar surface area (TPSA) is 22.2 Å². The van der Waals surface area contributed by atoms with Gasteiger partial charge in [-0.05, 0) is 24.1 Å². The van der Waals surface area contributed by atoms with E-state index in [9.17, 15) is 0 Å². The van der Waals surface area contributed by atoms with E-state index in [-0.39, 0.29) is 0 Å². The van der Waals surface area contributed by atoms with Crippen LogP contribution >= 0.6 is 0 Å². The minimum Gasteiger partial charge on any atom is -0.335 e. The first-order chi connectivity index (χ1) is 12.3. The number of benzene rings is 2. The first kappa shape index (κ1) is 14.3. The molecular weight excluding hydrogens is 306 g/mol. The third-order valence-electron chi connectivity index (χ3n) is 5.02. The third kappa shape index (κ3) is 2.16. The molecule has 0 saturated heterocycles. The molecule has 0 aliphatic heterocycles. The Morgan fingerprint density at radius 3 is 2.52 bits per heavy atom. The highest BCUT2D eigenvalue weighted by Crippen LogP contribution is 2.31. The Morgan fingerprint density at radius 2 is 1.68 bits per heavy atom. The summed E-state index contributed by atoms with van der Waals surface area (Å²) < 4.78 is 4.64. The zero-order chi connectivity index (χ0) is 16.8. The molecule has 3 heterocycles. The van der Waals surface area contributed by atoms with Crippen LogP contribution in [-0.2, 0) is 13.0 Å². The Bertz CT molecular complexity index is 1200. The molecular formula is C22H19N3. The van der Waals surface area contributed by atoms with Crippen LogP contribution < -0.4 is 0 Å². The van der Waals surface area contributed by atoms with Gasteiger partial charge in [0.05, 0.1) is 5.52 Å². The van der Waals surface area contributed by atoms with Crippen molar-refractivity contribution in [2.45, 2.75) is 19.9 Å². The molecule has 0 radical (unpaired) electrons. The molecule has 0 aliphatic carbocycles. The van der Waals surface area contributed by atoms with Crippen molar-refractivity contribution in [2.24, 2.45) is 0 Å². The molecule has 5 rings (SSSR count). The fourth-order valence-electron chi connectivity index (χ4n) is 3.76. The smallest absolute Gasteiger partial charge is 0.137 e. The van der Waals surface area contributed by atoms with E-state index < -0.39 is 0 Å². The Hall–Kier alpha value is -3.07. The van der Waals surface area contributed by atoms with E-state index in [2.05, 4.69) is 87.7 Å². The monoisotopic (exact) mass is 325 g/mol.